The second-order valence-electron chi connectivity index (χ2n) is 9.25. The third kappa shape index (κ3) is 4.12. The molecular formula is C29H26N2Si. The van der Waals surface area contributed by atoms with E-state index in [4.69, 9.17) is 0 Å². The molecule has 0 N–H and O–H groups in total. The third-order valence-corrected chi connectivity index (χ3v) is 8.01. The standard InChI is InChI=1S/C29H26N2Si/c1-32(2,3)27-14-11-21(12-15-27)22-7-8-24-19-25(10-9-23(24)18-22)26-13-16-29(31-20-26)28-6-4-5-17-30-28/h4-20H,1-3H3. The molecule has 0 saturated carbocycles. The summed E-state index contributed by atoms with van der Waals surface area (Å²) in [6.07, 6.45) is 3.73. The molecule has 3 aromatic carbocycles. The highest BCUT2D eigenvalue weighted by Crippen LogP contribution is 2.29. The van der Waals surface area contributed by atoms with Gasteiger partial charge in [0.15, 0.2) is 0 Å². The van der Waals surface area contributed by atoms with Gasteiger partial charge in [-0.05, 0) is 57.8 Å². The van der Waals surface area contributed by atoms with Gasteiger partial charge in [0.1, 0.15) is 0 Å². The number of hydrogen-bond acceptors (Lipinski definition) is 2. The monoisotopic (exact) mass is 430 g/mol. The van der Waals surface area contributed by atoms with E-state index >= 15 is 0 Å². The molecule has 5 aromatic rings. The summed E-state index contributed by atoms with van der Waals surface area (Å²) < 4.78 is 0. The molecule has 0 atom stereocenters. The van der Waals surface area contributed by atoms with E-state index in [9.17, 15) is 0 Å². The van der Waals surface area contributed by atoms with Gasteiger partial charge in [0.25, 0.3) is 0 Å². The van der Waals surface area contributed by atoms with Gasteiger partial charge in [-0.2, -0.15) is 0 Å². The van der Waals surface area contributed by atoms with Gasteiger partial charge in [0, 0.05) is 18.0 Å². The average Bonchev–Trinajstić information content (AvgIpc) is 2.83. The van der Waals surface area contributed by atoms with E-state index in [0.29, 0.717) is 0 Å². The summed E-state index contributed by atoms with van der Waals surface area (Å²) in [7, 11) is -1.27. The molecule has 0 fully saturated rings. The largest absolute Gasteiger partial charge is 0.255 e. The number of benzene rings is 3. The first-order valence-corrected chi connectivity index (χ1v) is 14.5. The van der Waals surface area contributed by atoms with Crippen LogP contribution in [0.1, 0.15) is 0 Å². The van der Waals surface area contributed by atoms with Crippen LogP contribution in [0.2, 0.25) is 19.6 Å². The maximum absolute atomic E-state index is 4.62. The van der Waals surface area contributed by atoms with Crippen molar-refractivity contribution in [1.82, 2.24) is 9.97 Å². The summed E-state index contributed by atoms with van der Waals surface area (Å²) in [6.45, 7) is 7.16. The molecule has 0 aliphatic heterocycles. The number of rotatable bonds is 4. The molecule has 0 aliphatic carbocycles. The smallest absolute Gasteiger partial charge is 0.0886 e. The Bertz CT molecular complexity index is 1370. The predicted octanol–water partition coefficient (Wildman–Crippen LogP) is 7.18. The first-order valence-electron chi connectivity index (χ1n) is 11.0. The van der Waals surface area contributed by atoms with Gasteiger partial charge in [0.2, 0.25) is 0 Å². The Morgan fingerprint density at radius 3 is 1.69 bits per heavy atom. The molecule has 2 aromatic heterocycles. The summed E-state index contributed by atoms with van der Waals surface area (Å²) in [5.74, 6) is 0. The van der Waals surface area contributed by atoms with Crippen LogP contribution in [-0.2, 0) is 0 Å². The zero-order chi connectivity index (χ0) is 22.1. The van der Waals surface area contributed by atoms with Crippen LogP contribution in [-0.4, -0.2) is 18.0 Å². The molecule has 5 rings (SSSR count). The van der Waals surface area contributed by atoms with Crippen LogP contribution in [0.15, 0.2) is 103 Å². The van der Waals surface area contributed by atoms with E-state index in [0.717, 1.165) is 17.0 Å². The molecule has 2 nitrogen and oxygen atoms in total. The SMILES string of the molecule is C[Si](C)(C)c1ccc(-c2ccc3cc(-c4ccc(-c5ccccn5)nc4)ccc3c2)cc1. The van der Waals surface area contributed by atoms with Gasteiger partial charge >= 0.3 is 0 Å². The molecule has 2 heterocycles. The van der Waals surface area contributed by atoms with Crippen molar-refractivity contribution in [3.05, 3.63) is 103 Å². The fourth-order valence-electron chi connectivity index (χ4n) is 4.00. The van der Waals surface area contributed by atoms with Crippen molar-refractivity contribution in [3.8, 4) is 33.6 Å². The molecule has 0 spiro atoms. The second kappa shape index (κ2) is 8.17. The topological polar surface area (TPSA) is 25.8 Å². The highest BCUT2D eigenvalue weighted by atomic mass is 28.3. The van der Waals surface area contributed by atoms with Gasteiger partial charge in [0.05, 0.1) is 19.5 Å². The second-order valence-corrected chi connectivity index (χ2v) is 14.3. The van der Waals surface area contributed by atoms with E-state index in [-0.39, 0.29) is 0 Å². The van der Waals surface area contributed by atoms with Gasteiger partial charge in [-0.1, -0.05) is 85.5 Å². The molecule has 3 heteroatoms. The number of aromatic nitrogens is 2. The van der Waals surface area contributed by atoms with Crippen molar-refractivity contribution >= 4 is 24.0 Å². The maximum Gasteiger partial charge on any atom is 0.0886 e. The normalized spacial score (nSPS) is 11.6. The van der Waals surface area contributed by atoms with Crippen LogP contribution in [0.5, 0.6) is 0 Å². The Kier molecular flexibility index (Phi) is 5.20. The fraction of sp³-hybridized carbons (Fsp3) is 0.103. The summed E-state index contributed by atoms with van der Waals surface area (Å²) >= 11 is 0. The number of nitrogens with zero attached hydrogens (tertiary/aromatic N) is 2. The van der Waals surface area contributed by atoms with Crippen LogP contribution in [0, 0.1) is 0 Å². The average molecular weight is 431 g/mol. The van der Waals surface area contributed by atoms with Crippen LogP contribution >= 0.6 is 0 Å². The number of hydrogen-bond donors (Lipinski definition) is 0. The van der Waals surface area contributed by atoms with Crippen molar-refractivity contribution in [3.63, 3.8) is 0 Å². The Hall–Kier alpha value is -3.56. The molecule has 0 saturated heterocycles. The summed E-state index contributed by atoms with van der Waals surface area (Å²) in [5.41, 5.74) is 6.59. The predicted molar refractivity (Wildman–Crippen MR) is 139 cm³/mol. The summed E-state index contributed by atoms with van der Waals surface area (Å²) in [4.78, 5) is 9.01. The highest BCUT2D eigenvalue weighted by Gasteiger charge is 2.15. The van der Waals surface area contributed by atoms with E-state index in [1.807, 2.05) is 30.5 Å². The first kappa shape index (κ1) is 20.3. The minimum atomic E-state index is -1.27. The Balaban J connectivity index is 1.43. The molecule has 156 valence electrons. The van der Waals surface area contributed by atoms with Crippen LogP contribution in [0.3, 0.4) is 0 Å². The minimum Gasteiger partial charge on any atom is -0.255 e. The quantitative estimate of drug-likeness (QED) is 0.282. The van der Waals surface area contributed by atoms with E-state index in [2.05, 4.69) is 96.3 Å². The lowest BCUT2D eigenvalue weighted by Crippen LogP contribution is -2.37. The lowest BCUT2D eigenvalue weighted by atomic mass is 9.98. The van der Waals surface area contributed by atoms with Crippen LogP contribution < -0.4 is 5.19 Å². The Morgan fingerprint density at radius 1 is 0.531 bits per heavy atom. The van der Waals surface area contributed by atoms with Crippen LogP contribution in [0.25, 0.3) is 44.4 Å². The zero-order valence-corrected chi connectivity index (χ0v) is 19.7. The van der Waals surface area contributed by atoms with Gasteiger partial charge in [-0.3, -0.25) is 9.97 Å². The van der Waals surface area contributed by atoms with E-state index in [1.165, 1.54) is 32.6 Å². The van der Waals surface area contributed by atoms with Crippen molar-refractivity contribution in [2.24, 2.45) is 0 Å². The number of fused-ring (bicyclic) bond motifs is 1. The van der Waals surface area contributed by atoms with Crippen molar-refractivity contribution < 1.29 is 0 Å². The fourth-order valence-corrected chi connectivity index (χ4v) is 5.16. The molecular weight excluding hydrogens is 404 g/mol. The molecule has 0 bridgehead atoms. The molecule has 0 unspecified atom stereocenters. The molecule has 0 amide bonds. The molecule has 0 aliphatic rings. The summed E-state index contributed by atoms with van der Waals surface area (Å²) in [6, 6.07) is 32.5. The lowest BCUT2D eigenvalue weighted by molar-refractivity contribution is 1.25. The molecule has 0 radical (unpaired) electrons. The highest BCUT2D eigenvalue weighted by molar-refractivity contribution is 6.88. The van der Waals surface area contributed by atoms with Crippen molar-refractivity contribution in [2.45, 2.75) is 19.6 Å². The van der Waals surface area contributed by atoms with Gasteiger partial charge in [-0.25, -0.2) is 0 Å². The van der Waals surface area contributed by atoms with E-state index in [1.54, 1.807) is 6.20 Å². The van der Waals surface area contributed by atoms with Crippen molar-refractivity contribution in [1.29, 1.82) is 0 Å². The molecule has 32 heavy (non-hydrogen) atoms. The van der Waals surface area contributed by atoms with Crippen LogP contribution in [0.4, 0.5) is 0 Å². The zero-order valence-electron chi connectivity index (χ0n) is 18.7. The number of pyridine rings is 2. The maximum atomic E-state index is 4.62. The lowest BCUT2D eigenvalue weighted by Gasteiger charge is -2.17. The Labute approximate surface area is 190 Å². The third-order valence-electron chi connectivity index (χ3n) is 5.95. The first-order chi connectivity index (χ1) is 15.5. The van der Waals surface area contributed by atoms with E-state index < -0.39 is 8.07 Å². The minimum absolute atomic E-state index is 0.889. The van der Waals surface area contributed by atoms with Crippen molar-refractivity contribution in [2.75, 3.05) is 0 Å². The summed E-state index contributed by atoms with van der Waals surface area (Å²) in [5, 5.41) is 3.98. The van der Waals surface area contributed by atoms with Gasteiger partial charge in [-0.15, -0.1) is 0 Å². The Morgan fingerprint density at radius 2 is 1.12 bits per heavy atom. The van der Waals surface area contributed by atoms with Gasteiger partial charge < -0.3 is 0 Å².